The summed E-state index contributed by atoms with van der Waals surface area (Å²) in [6, 6.07) is 5.59. The van der Waals surface area contributed by atoms with Gasteiger partial charge in [0.1, 0.15) is 11.6 Å². The molecular weight excluding hydrogens is 240 g/mol. The second kappa shape index (κ2) is 5.38. The van der Waals surface area contributed by atoms with Crippen LogP contribution in [0.15, 0.2) is 35.0 Å². The van der Waals surface area contributed by atoms with Gasteiger partial charge in [-0.15, -0.1) is 0 Å². The zero-order chi connectivity index (χ0) is 12.3. The van der Waals surface area contributed by atoms with Gasteiger partial charge in [0.15, 0.2) is 0 Å². The molecule has 1 unspecified atom stereocenters. The van der Waals surface area contributed by atoms with Crippen LogP contribution in [0.5, 0.6) is 0 Å². The lowest BCUT2D eigenvalue weighted by molar-refractivity contribution is 0.534. The number of nitrogens with two attached hydrogens (primary N) is 1. The lowest BCUT2D eigenvalue weighted by Gasteiger charge is -2.12. The fraction of sp³-hybridized carbons (Fsp3) is 0.231. The van der Waals surface area contributed by atoms with Crippen molar-refractivity contribution in [2.75, 3.05) is 0 Å². The summed E-state index contributed by atoms with van der Waals surface area (Å²) in [6.45, 7) is 0. The third-order valence-corrected chi connectivity index (χ3v) is 3.34. The Morgan fingerprint density at radius 3 is 2.41 bits per heavy atom. The molecule has 1 aromatic carbocycles. The van der Waals surface area contributed by atoms with Crippen LogP contribution in [0.4, 0.5) is 8.78 Å². The summed E-state index contributed by atoms with van der Waals surface area (Å²) in [5.41, 5.74) is 7.10. The first-order valence-corrected chi connectivity index (χ1v) is 6.30. The highest BCUT2D eigenvalue weighted by molar-refractivity contribution is 7.07. The van der Waals surface area contributed by atoms with Crippen molar-refractivity contribution in [3.63, 3.8) is 0 Å². The fourth-order valence-electron chi connectivity index (χ4n) is 1.77. The van der Waals surface area contributed by atoms with Crippen LogP contribution in [0.2, 0.25) is 0 Å². The van der Waals surface area contributed by atoms with E-state index in [0.717, 1.165) is 5.56 Å². The summed E-state index contributed by atoms with van der Waals surface area (Å²) in [4.78, 5) is 0. The van der Waals surface area contributed by atoms with E-state index < -0.39 is 11.6 Å². The Morgan fingerprint density at radius 1 is 1.12 bits per heavy atom. The minimum absolute atomic E-state index is 0.0789. The van der Waals surface area contributed by atoms with Crippen LogP contribution in [-0.2, 0) is 12.8 Å². The van der Waals surface area contributed by atoms with Crippen LogP contribution in [0.3, 0.4) is 0 Å². The van der Waals surface area contributed by atoms with Crippen molar-refractivity contribution >= 4 is 11.3 Å². The van der Waals surface area contributed by atoms with Crippen LogP contribution in [0, 0.1) is 11.6 Å². The molecular formula is C13H13F2NS. The second-order valence-electron chi connectivity index (χ2n) is 4.00. The SMILES string of the molecule is NC(Cc1ccsc1)Cc1c(F)cccc1F. The Kier molecular flexibility index (Phi) is 3.86. The largest absolute Gasteiger partial charge is 0.327 e. The predicted octanol–water partition coefficient (Wildman–Crippen LogP) is 3.14. The number of thiophene rings is 1. The van der Waals surface area contributed by atoms with E-state index in [2.05, 4.69) is 0 Å². The van der Waals surface area contributed by atoms with Crippen LogP contribution in [0.25, 0.3) is 0 Å². The van der Waals surface area contributed by atoms with Crippen LogP contribution in [0.1, 0.15) is 11.1 Å². The third-order valence-electron chi connectivity index (χ3n) is 2.61. The normalized spacial score (nSPS) is 12.6. The van der Waals surface area contributed by atoms with E-state index in [-0.39, 0.29) is 18.0 Å². The summed E-state index contributed by atoms with van der Waals surface area (Å²) in [5, 5.41) is 3.96. The number of benzene rings is 1. The molecule has 0 aliphatic heterocycles. The molecule has 2 N–H and O–H groups in total. The molecule has 0 fully saturated rings. The Bertz CT molecular complexity index is 462. The summed E-state index contributed by atoms with van der Waals surface area (Å²) < 4.78 is 26.8. The summed E-state index contributed by atoms with van der Waals surface area (Å²) in [7, 11) is 0. The highest BCUT2D eigenvalue weighted by Crippen LogP contribution is 2.16. The van der Waals surface area contributed by atoms with Crippen LogP contribution >= 0.6 is 11.3 Å². The molecule has 0 amide bonds. The van der Waals surface area contributed by atoms with Gasteiger partial charge in [0, 0.05) is 11.6 Å². The molecule has 1 nitrogen and oxygen atoms in total. The maximum atomic E-state index is 13.4. The minimum atomic E-state index is -0.522. The minimum Gasteiger partial charge on any atom is -0.327 e. The molecule has 0 aliphatic rings. The molecule has 2 rings (SSSR count). The van der Waals surface area contributed by atoms with Gasteiger partial charge in [0.05, 0.1) is 0 Å². The maximum Gasteiger partial charge on any atom is 0.129 e. The van der Waals surface area contributed by atoms with Crippen molar-refractivity contribution in [3.05, 3.63) is 57.8 Å². The Labute approximate surface area is 103 Å². The topological polar surface area (TPSA) is 26.0 Å². The smallest absolute Gasteiger partial charge is 0.129 e. The number of hydrogen-bond donors (Lipinski definition) is 1. The number of rotatable bonds is 4. The average molecular weight is 253 g/mol. The molecule has 0 bridgehead atoms. The first kappa shape index (κ1) is 12.2. The molecule has 0 saturated heterocycles. The van der Waals surface area contributed by atoms with E-state index in [1.165, 1.54) is 18.2 Å². The molecule has 1 atom stereocenters. The molecule has 0 aliphatic carbocycles. The van der Waals surface area contributed by atoms with E-state index >= 15 is 0 Å². The van der Waals surface area contributed by atoms with Gasteiger partial charge in [0.2, 0.25) is 0 Å². The predicted molar refractivity (Wildman–Crippen MR) is 66.1 cm³/mol. The maximum absolute atomic E-state index is 13.4. The summed E-state index contributed by atoms with van der Waals surface area (Å²) >= 11 is 1.59. The van der Waals surface area contributed by atoms with Gasteiger partial charge in [-0.2, -0.15) is 11.3 Å². The van der Waals surface area contributed by atoms with Crippen molar-refractivity contribution in [2.45, 2.75) is 18.9 Å². The van der Waals surface area contributed by atoms with E-state index in [0.29, 0.717) is 6.42 Å². The van der Waals surface area contributed by atoms with E-state index in [1.807, 2.05) is 16.8 Å². The van der Waals surface area contributed by atoms with Crippen molar-refractivity contribution in [1.29, 1.82) is 0 Å². The lowest BCUT2D eigenvalue weighted by atomic mass is 10.0. The van der Waals surface area contributed by atoms with Gasteiger partial charge < -0.3 is 5.73 Å². The van der Waals surface area contributed by atoms with Crippen LogP contribution < -0.4 is 5.73 Å². The van der Waals surface area contributed by atoms with Gasteiger partial charge in [-0.25, -0.2) is 8.78 Å². The van der Waals surface area contributed by atoms with Crippen molar-refractivity contribution < 1.29 is 8.78 Å². The van der Waals surface area contributed by atoms with Gasteiger partial charge in [-0.05, 0) is 47.4 Å². The van der Waals surface area contributed by atoms with E-state index in [9.17, 15) is 8.78 Å². The number of hydrogen-bond acceptors (Lipinski definition) is 2. The van der Waals surface area contributed by atoms with Gasteiger partial charge >= 0.3 is 0 Å². The standard InChI is InChI=1S/C13H13F2NS/c14-12-2-1-3-13(15)11(12)7-10(16)6-9-4-5-17-8-9/h1-5,8,10H,6-7,16H2. The fourth-order valence-corrected chi connectivity index (χ4v) is 2.45. The zero-order valence-electron chi connectivity index (χ0n) is 9.20. The second-order valence-corrected chi connectivity index (χ2v) is 4.78. The highest BCUT2D eigenvalue weighted by Gasteiger charge is 2.13. The number of halogens is 2. The van der Waals surface area contributed by atoms with Crippen LogP contribution in [-0.4, -0.2) is 6.04 Å². The molecule has 0 radical (unpaired) electrons. The van der Waals surface area contributed by atoms with E-state index in [4.69, 9.17) is 5.73 Å². The quantitative estimate of drug-likeness (QED) is 0.890. The van der Waals surface area contributed by atoms with Gasteiger partial charge in [0.25, 0.3) is 0 Å². The molecule has 0 spiro atoms. The van der Waals surface area contributed by atoms with Gasteiger partial charge in [-0.1, -0.05) is 6.07 Å². The van der Waals surface area contributed by atoms with Crippen molar-refractivity contribution in [3.8, 4) is 0 Å². The molecule has 2 aromatic rings. The molecule has 0 saturated carbocycles. The molecule has 1 heterocycles. The lowest BCUT2D eigenvalue weighted by Crippen LogP contribution is -2.26. The highest BCUT2D eigenvalue weighted by atomic mass is 32.1. The Balaban J connectivity index is 2.05. The Hall–Kier alpha value is -1.26. The summed E-state index contributed by atoms with van der Waals surface area (Å²) in [5.74, 6) is -1.04. The average Bonchev–Trinajstić information content (AvgIpc) is 2.76. The molecule has 1 aromatic heterocycles. The van der Waals surface area contributed by atoms with E-state index in [1.54, 1.807) is 11.3 Å². The van der Waals surface area contributed by atoms with Crippen molar-refractivity contribution in [2.24, 2.45) is 5.73 Å². The molecule has 4 heteroatoms. The summed E-state index contributed by atoms with van der Waals surface area (Å²) in [6.07, 6.45) is 0.853. The Morgan fingerprint density at radius 2 is 1.82 bits per heavy atom. The first-order valence-electron chi connectivity index (χ1n) is 5.36. The molecule has 17 heavy (non-hydrogen) atoms. The van der Waals surface area contributed by atoms with Crippen molar-refractivity contribution in [1.82, 2.24) is 0 Å². The first-order chi connectivity index (χ1) is 8.16. The zero-order valence-corrected chi connectivity index (χ0v) is 10.0. The monoisotopic (exact) mass is 253 g/mol. The van der Waals surface area contributed by atoms with Gasteiger partial charge in [-0.3, -0.25) is 0 Å². The third kappa shape index (κ3) is 3.11. The molecule has 90 valence electrons.